The molecule has 0 saturated carbocycles. The Kier molecular flexibility index (Phi) is 3.97. The molecule has 1 fully saturated rings. The monoisotopic (exact) mass is 251 g/mol. The van der Waals surface area contributed by atoms with Gasteiger partial charge < -0.3 is 10.0 Å². The lowest BCUT2D eigenvalue weighted by molar-refractivity contribution is -0.125. The minimum Gasteiger partial charge on any atom is -0.388 e. The van der Waals surface area contributed by atoms with E-state index in [1.807, 2.05) is 0 Å². The van der Waals surface area contributed by atoms with Crippen LogP contribution in [0.2, 0.25) is 0 Å². The number of carbonyl (C=O) groups is 1. The zero-order chi connectivity index (χ0) is 13.1. The number of hydrogen-bond donors (Lipinski definition) is 1. The van der Waals surface area contributed by atoms with Crippen molar-refractivity contribution >= 4 is 5.91 Å². The second-order valence-electron chi connectivity index (χ2n) is 4.80. The minimum absolute atomic E-state index is 0.164. The van der Waals surface area contributed by atoms with E-state index < -0.39 is 6.10 Å². The molecular formula is C14H18FNO2. The molecule has 2 rings (SSSR count). The van der Waals surface area contributed by atoms with Crippen LogP contribution in [0.25, 0.3) is 0 Å². The Balaban J connectivity index is 1.81. The third kappa shape index (κ3) is 3.29. The summed E-state index contributed by atoms with van der Waals surface area (Å²) in [6.07, 6.45) is 1.06. The summed E-state index contributed by atoms with van der Waals surface area (Å²) in [6, 6.07) is 4.63. The second kappa shape index (κ2) is 5.48. The molecule has 4 heteroatoms. The molecule has 0 spiro atoms. The van der Waals surface area contributed by atoms with E-state index in [0.717, 1.165) is 13.1 Å². The normalized spacial score (nSPS) is 15.6. The lowest BCUT2D eigenvalue weighted by atomic mass is 10.0. The summed E-state index contributed by atoms with van der Waals surface area (Å²) in [7, 11) is 0. The number of aryl methyl sites for hydroxylation is 1. The highest BCUT2D eigenvalue weighted by atomic mass is 19.1. The van der Waals surface area contributed by atoms with Crippen LogP contribution in [0, 0.1) is 12.7 Å². The van der Waals surface area contributed by atoms with Crippen LogP contribution in [0.5, 0.6) is 0 Å². The highest BCUT2D eigenvalue weighted by Gasteiger charge is 2.23. The molecule has 1 N–H and O–H groups in total. The first kappa shape index (κ1) is 13.0. The molecule has 0 aromatic heterocycles. The van der Waals surface area contributed by atoms with Crippen LogP contribution >= 0.6 is 0 Å². The van der Waals surface area contributed by atoms with Gasteiger partial charge in [-0.15, -0.1) is 0 Å². The zero-order valence-corrected chi connectivity index (χ0v) is 10.5. The first-order valence-electron chi connectivity index (χ1n) is 6.30. The standard InChI is InChI=1S/C14H18FNO2/c1-10-9-11(5-6-12(10)15)13(17)3-2-4-14(18)16-7-8-16/h5-6,9,13,17H,2-4,7-8H2,1H3. The highest BCUT2D eigenvalue weighted by molar-refractivity contribution is 5.78. The van der Waals surface area contributed by atoms with Crippen LogP contribution in [0.1, 0.15) is 36.5 Å². The Morgan fingerprint density at radius 1 is 1.50 bits per heavy atom. The molecule has 1 aromatic rings. The maximum Gasteiger partial charge on any atom is 0.222 e. The lowest BCUT2D eigenvalue weighted by Crippen LogP contribution is -2.10. The van der Waals surface area contributed by atoms with Crippen LogP contribution in [-0.2, 0) is 4.79 Å². The minimum atomic E-state index is -0.619. The van der Waals surface area contributed by atoms with Gasteiger partial charge in [0, 0.05) is 19.5 Å². The number of hydrogen-bond acceptors (Lipinski definition) is 2. The third-order valence-corrected chi connectivity index (χ3v) is 3.23. The first-order chi connectivity index (χ1) is 8.58. The quantitative estimate of drug-likeness (QED) is 0.815. The molecule has 0 bridgehead atoms. The van der Waals surface area contributed by atoms with E-state index in [1.54, 1.807) is 24.0 Å². The van der Waals surface area contributed by atoms with Crippen molar-refractivity contribution in [3.05, 3.63) is 35.1 Å². The Morgan fingerprint density at radius 3 is 2.83 bits per heavy atom. The van der Waals surface area contributed by atoms with Crippen LogP contribution in [0.15, 0.2) is 18.2 Å². The number of aliphatic hydroxyl groups is 1. The Bertz CT molecular complexity index is 443. The summed E-state index contributed by atoms with van der Waals surface area (Å²) in [5.74, 6) is -0.0971. The largest absolute Gasteiger partial charge is 0.388 e. The zero-order valence-electron chi connectivity index (χ0n) is 10.5. The van der Waals surface area contributed by atoms with Crippen molar-refractivity contribution in [3.8, 4) is 0 Å². The molecule has 1 unspecified atom stereocenters. The average Bonchev–Trinajstić information content (AvgIpc) is 3.16. The van der Waals surface area contributed by atoms with Crippen LogP contribution in [0.3, 0.4) is 0 Å². The summed E-state index contributed by atoms with van der Waals surface area (Å²) >= 11 is 0. The van der Waals surface area contributed by atoms with Crippen molar-refractivity contribution in [3.63, 3.8) is 0 Å². The van der Waals surface area contributed by atoms with Crippen molar-refractivity contribution in [2.45, 2.75) is 32.3 Å². The molecule has 1 aromatic carbocycles. The SMILES string of the molecule is Cc1cc(C(O)CCCC(=O)N2CC2)ccc1F. The summed E-state index contributed by atoms with van der Waals surface area (Å²) < 4.78 is 13.1. The Hall–Kier alpha value is -1.42. The van der Waals surface area contributed by atoms with Gasteiger partial charge in [-0.1, -0.05) is 12.1 Å². The fourth-order valence-electron chi connectivity index (χ4n) is 1.95. The number of nitrogens with zero attached hydrogens (tertiary/aromatic N) is 1. The summed E-state index contributed by atoms with van der Waals surface area (Å²) in [4.78, 5) is 13.2. The van der Waals surface area contributed by atoms with Crippen molar-refractivity contribution < 1.29 is 14.3 Å². The van der Waals surface area contributed by atoms with E-state index in [-0.39, 0.29) is 11.7 Å². The van der Waals surface area contributed by atoms with Crippen molar-refractivity contribution in [1.82, 2.24) is 4.90 Å². The van der Waals surface area contributed by atoms with Gasteiger partial charge in [-0.25, -0.2) is 4.39 Å². The Morgan fingerprint density at radius 2 is 2.22 bits per heavy atom. The van der Waals surface area contributed by atoms with Gasteiger partial charge in [0.15, 0.2) is 0 Å². The van der Waals surface area contributed by atoms with E-state index in [2.05, 4.69) is 0 Å². The number of benzene rings is 1. The summed E-state index contributed by atoms with van der Waals surface area (Å²) in [5, 5.41) is 9.96. The van der Waals surface area contributed by atoms with Gasteiger partial charge in [0.05, 0.1) is 6.10 Å². The van der Waals surface area contributed by atoms with Crippen molar-refractivity contribution in [1.29, 1.82) is 0 Å². The fourth-order valence-corrected chi connectivity index (χ4v) is 1.95. The summed E-state index contributed by atoms with van der Waals surface area (Å²) in [6.45, 7) is 3.42. The lowest BCUT2D eigenvalue weighted by Gasteiger charge is -2.11. The van der Waals surface area contributed by atoms with Crippen molar-refractivity contribution in [2.75, 3.05) is 13.1 Å². The van der Waals surface area contributed by atoms with Gasteiger partial charge in [-0.2, -0.15) is 0 Å². The van der Waals surface area contributed by atoms with Gasteiger partial charge >= 0.3 is 0 Å². The molecule has 1 heterocycles. The molecule has 3 nitrogen and oxygen atoms in total. The van der Waals surface area contributed by atoms with Crippen LogP contribution < -0.4 is 0 Å². The fraction of sp³-hybridized carbons (Fsp3) is 0.500. The molecule has 1 saturated heterocycles. The third-order valence-electron chi connectivity index (χ3n) is 3.23. The predicted octanol–water partition coefficient (Wildman–Crippen LogP) is 2.18. The second-order valence-corrected chi connectivity index (χ2v) is 4.80. The predicted molar refractivity (Wildman–Crippen MR) is 66.5 cm³/mol. The molecule has 1 aliphatic rings. The molecule has 1 aliphatic heterocycles. The molecular weight excluding hydrogens is 233 g/mol. The van der Waals surface area contributed by atoms with Gasteiger partial charge in [0.25, 0.3) is 0 Å². The average molecular weight is 251 g/mol. The number of carbonyl (C=O) groups excluding carboxylic acids is 1. The molecule has 1 amide bonds. The number of aliphatic hydroxyl groups excluding tert-OH is 1. The van der Waals surface area contributed by atoms with E-state index in [0.29, 0.717) is 30.4 Å². The Labute approximate surface area is 106 Å². The van der Waals surface area contributed by atoms with E-state index in [4.69, 9.17) is 0 Å². The maximum absolute atomic E-state index is 13.1. The van der Waals surface area contributed by atoms with E-state index >= 15 is 0 Å². The van der Waals surface area contributed by atoms with Gasteiger partial charge in [0.2, 0.25) is 5.91 Å². The van der Waals surface area contributed by atoms with Gasteiger partial charge in [0.1, 0.15) is 5.82 Å². The van der Waals surface area contributed by atoms with Crippen LogP contribution in [-0.4, -0.2) is 29.0 Å². The first-order valence-corrected chi connectivity index (χ1v) is 6.30. The number of halogens is 1. The molecule has 0 aliphatic carbocycles. The van der Waals surface area contributed by atoms with E-state index in [1.165, 1.54) is 6.07 Å². The smallest absolute Gasteiger partial charge is 0.222 e. The molecule has 0 radical (unpaired) electrons. The van der Waals surface area contributed by atoms with Gasteiger partial charge in [-0.3, -0.25) is 4.79 Å². The molecule has 18 heavy (non-hydrogen) atoms. The maximum atomic E-state index is 13.1. The number of rotatable bonds is 5. The highest BCUT2D eigenvalue weighted by Crippen LogP contribution is 2.22. The number of amides is 1. The molecule has 98 valence electrons. The van der Waals surface area contributed by atoms with E-state index in [9.17, 15) is 14.3 Å². The molecule has 1 atom stereocenters. The van der Waals surface area contributed by atoms with Crippen molar-refractivity contribution in [2.24, 2.45) is 0 Å². The van der Waals surface area contributed by atoms with Crippen LogP contribution in [0.4, 0.5) is 4.39 Å². The van der Waals surface area contributed by atoms with Gasteiger partial charge in [-0.05, 0) is 37.0 Å². The summed E-state index contributed by atoms with van der Waals surface area (Å²) in [5.41, 5.74) is 1.25. The topological polar surface area (TPSA) is 40.3 Å².